The Morgan fingerprint density at radius 3 is 2.60 bits per heavy atom. The van der Waals surface area contributed by atoms with Crippen molar-refractivity contribution >= 4 is 36.0 Å². The highest BCUT2D eigenvalue weighted by molar-refractivity contribution is 14.0. The number of hydrogen-bond acceptors (Lipinski definition) is 4. The van der Waals surface area contributed by atoms with E-state index < -0.39 is 5.60 Å². The van der Waals surface area contributed by atoms with E-state index in [1.165, 1.54) is 0 Å². The molecule has 8 heteroatoms. The summed E-state index contributed by atoms with van der Waals surface area (Å²) < 4.78 is 5.36. The summed E-state index contributed by atoms with van der Waals surface area (Å²) in [5.41, 5.74) is -0.485. The monoisotopic (exact) mass is 470 g/mol. The van der Waals surface area contributed by atoms with Gasteiger partial charge in [0.15, 0.2) is 5.96 Å². The second kappa shape index (κ2) is 11.1. The number of β-amino-alcohol motifs (C(OH)–C–C–N with tert-alkyl or cyclic N) is 1. The van der Waals surface area contributed by atoms with Crippen LogP contribution >= 0.6 is 24.0 Å². The van der Waals surface area contributed by atoms with Gasteiger partial charge in [-0.25, -0.2) is 4.79 Å². The van der Waals surface area contributed by atoms with E-state index in [-0.39, 0.29) is 42.1 Å². The topological polar surface area (TPSA) is 77.4 Å². The Morgan fingerprint density at radius 2 is 2.12 bits per heavy atom. The quantitative estimate of drug-likeness (QED) is 0.366. The van der Waals surface area contributed by atoms with Gasteiger partial charge in [0.1, 0.15) is 5.60 Å². The minimum absolute atomic E-state index is 0. The zero-order chi connectivity index (χ0) is 18.3. The van der Waals surface area contributed by atoms with E-state index in [4.69, 9.17) is 4.74 Å². The number of amides is 1. The number of aliphatic imine (C=N–C) groups is 1. The predicted octanol–water partition coefficient (Wildman–Crippen LogP) is 2.14. The lowest BCUT2D eigenvalue weighted by Gasteiger charge is -2.26. The van der Waals surface area contributed by atoms with Crippen molar-refractivity contribution in [1.82, 2.24) is 15.1 Å². The summed E-state index contributed by atoms with van der Waals surface area (Å²) in [6.45, 7) is 13.1. The number of ether oxygens (including phenoxy) is 1. The van der Waals surface area contributed by atoms with Gasteiger partial charge in [-0.05, 0) is 40.0 Å². The molecule has 148 valence electrons. The van der Waals surface area contributed by atoms with Gasteiger partial charge in [-0.3, -0.25) is 4.99 Å². The molecule has 0 saturated carbocycles. The van der Waals surface area contributed by atoms with Gasteiger partial charge in [0, 0.05) is 39.8 Å². The molecular weight excluding hydrogens is 435 g/mol. The first-order valence-electron chi connectivity index (χ1n) is 8.77. The molecule has 0 radical (unpaired) electrons. The maximum absolute atomic E-state index is 12.0. The lowest BCUT2D eigenvalue weighted by Crippen LogP contribution is -2.41. The second-order valence-corrected chi connectivity index (χ2v) is 7.55. The number of halogens is 1. The first kappa shape index (κ1) is 24.2. The van der Waals surface area contributed by atoms with Gasteiger partial charge in [0.2, 0.25) is 0 Å². The molecule has 0 aliphatic carbocycles. The van der Waals surface area contributed by atoms with Crippen LogP contribution in [0.3, 0.4) is 0 Å². The van der Waals surface area contributed by atoms with Crippen LogP contribution in [-0.4, -0.2) is 78.4 Å². The molecule has 1 saturated heterocycles. The zero-order valence-electron chi connectivity index (χ0n) is 16.4. The molecular formula is C17H35IN4O3. The van der Waals surface area contributed by atoms with E-state index in [1.54, 1.807) is 11.9 Å². The van der Waals surface area contributed by atoms with Crippen LogP contribution in [0, 0.1) is 5.92 Å². The third-order valence-electron chi connectivity index (χ3n) is 3.64. The molecule has 7 nitrogen and oxygen atoms in total. The van der Waals surface area contributed by atoms with E-state index in [0.717, 1.165) is 25.5 Å². The minimum Gasteiger partial charge on any atom is -0.444 e. The number of hydrogen-bond donors (Lipinski definition) is 2. The fourth-order valence-electron chi connectivity index (χ4n) is 2.54. The van der Waals surface area contributed by atoms with Crippen molar-refractivity contribution in [2.45, 2.75) is 52.7 Å². The Hall–Kier alpha value is -0.770. The fraction of sp³-hybridized carbons (Fsp3) is 0.882. The van der Waals surface area contributed by atoms with Gasteiger partial charge in [-0.2, -0.15) is 0 Å². The SMILES string of the molecule is CCNC(=NCC(C)CN(C)C(=O)OC(C)(C)C)N1CC[C@@H](O)C1.I. The molecule has 0 aromatic heterocycles. The first-order valence-corrected chi connectivity index (χ1v) is 8.77. The van der Waals surface area contributed by atoms with Gasteiger partial charge in [0.25, 0.3) is 0 Å². The average molecular weight is 470 g/mol. The van der Waals surface area contributed by atoms with Gasteiger partial charge >= 0.3 is 6.09 Å². The van der Waals surface area contributed by atoms with Crippen molar-refractivity contribution in [3.05, 3.63) is 0 Å². The molecule has 25 heavy (non-hydrogen) atoms. The standard InChI is InChI=1S/C17H34N4O3.HI/c1-7-18-15(21-9-8-14(22)12-21)19-10-13(2)11-20(6)16(23)24-17(3,4)5;/h13-14,22H,7-12H2,1-6H3,(H,18,19);1H/t13?,14-;/m1./s1. The zero-order valence-corrected chi connectivity index (χ0v) is 18.7. The molecule has 1 amide bonds. The molecule has 1 unspecified atom stereocenters. The maximum atomic E-state index is 12.0. The van der Waals surface area contributed by atoms with Gasteiger partial charge in [-0.1, -0.05) is 6.92 Å². The molecule has 1 heterocycles. The fourth-order valence-corrected chi connectivity index (χ4v) is 2.54. The Bertz CT molecular complexity index is 440. The lowest BCUT2D eigenvalue weighted by molar-refractivity contribution is 0.0278. The summed E-state index contributed by atoms with van der Waals surface area (Å²) in [6.07, 6.45) is 0.193. The highest BCUT2D eigenvalue weighted by Crippen LogP contribution is 2.11. The third-order valence-corrected chi connectivity index (χ3v) is 3.64. The number of nitrogens with one attached hydrogen (secondary N) is 1. The van der Waals surface area contributed by atoms with E-state index >= 15 is 0 Å². The molecule has 0 spiro atoms. The number of guanidine groups is 1. The maximum Gasteiger partial charge on any atom is 0.410 e. The molecule has 0 bridgehead atoms. The minimum atomic E-state index is -0.485. The Morgan fingerprint density at radius 1 is 1.48 bits per heavy atom. The van der Waals surface area contributed by atoms with Crippen LogP contribution in [0.4, 0.5) is 4.79 Å². The number of aliphatic hydroxyl groups excluding tert-OH is 1. The van der Waals surface area contributed by atoms with Crippen molar-refractivity contribution in [3.8, 4) is 0 Å². The van der Waals surface area contributed by atoms with Crippen LogP contribution in [0.15, 0.2) is 4.99 Å². The Labute approximate surface area is 169 Å². The number of likely N-dealkylation sites (tertiary alicyclic amines) is 1. The largest absolute Gasteiger partial charge is 0.444 e. The van der Waals surface area contributed by atoms with Gasteiger partial charge in [-0.15, -0.1) is 24.0 Å². The second-order valence-electron chi connectivity index (χ2n) is 7.55. The molecule has 2 N–H and O–H groups in total. The van der Waals surface area contributed by atoms with E-state index in [0.29, 0.717) is 19.6 Å². The molecule has 0 aromatic rings. The van der Waals surface area contributed by atoms with Crippen molar-refractivity contribution in [3.63, 3.8) is 0 Å². The highest BCUT2D eigenvalue weighted by atomic mass is 127. The molecule has 1 fully saturated rings. The summed E-state index contributed by atoms with van der Waals surface area (Å²) in [5, 5.41) is 13.0. The van der Waals surface area contributed by atoms with Crippen molar-refractivity contribution in [2.24, 2.45) is 10.9 Å². The molecule has 1 aliphatic rings. The third kappa shape index (κ3) is 9.48. The summed E-state index contributed by atoms with van der Waals surface area (Å²) in [6, 6.07) is 0. The van der Waals surface area contributed by atoms with Crippen LogP contribution in [-0.2, 0) is 4.74 Å². The highest BCUT2D eigenvalue weighted by Gasteiger charge is 2.23. The van der Waals surface area contributed by atoms with Crippen molar-refractivity contribution in [2.75, 3.05) is 39.8 Å². The van der Waals surface area contributed by atoms with Crippen molar-refractivity contribution in [1.29, 1.82) is 0 Å². The van der Waals surface area contributed by atoms with Crippen molar-refractivity contribution < 1.29 is 14.6 Å². The van der Waals surface area contributed by atoms with E-state index in [9.17, 15) is 9.90 Å². The predicted molar refractivity (Wildman–Crippen MR) is 112 cm³/mol. The number of carbonyl (C=O) groups is 1. The van der Waals surface area contributed by atoms with E-state index in [1.807, 2.05) is 27.7 Å². The van der Waals surface area contributed by atoms with Crippen LogP contribution in [0.2, 0.25) is 0 Å². The number of carbonyl (C=O) groups excluding carboxylic acids is 1. The molecule has 1 aliphatic heterocycles. The normalized spacial score (nSPS) is 19.2. The van der Waals surface area contributed by atoms with Gasteiger partial charge in [0.05, 0.1) is 6.10 Å². The van der Waals surface area contributed by atoms with Crippen LogP contribution in [0.1, 0.15) is 41.0 Å². The van der Waals surface area contributed by atoms with Crippen LogP contribution < -0.4 is 5.32 Å². The number of aliphatic hydroxyl groups is 1. The van der Waals surface area contributed by atoms with Crippen LogP contribution in [0.25, 0.3) is 0 Å². The smallest absolute Gasteiger partial charge is 0.410 e. The summed E-state index contributed by atoms with van der Waals surface area (Å²) in [7, 11) is 1.75. The lowest BCUT2D eigenvalue weighted by atomic mass is 10.2. The van der Waals surface area contributed by atoms with E-state index in [2.05, 4.69) is 22.1 Å². The number of nitrogens with zero attached hydrogens (tertiary/aromatic N) is 3. The van der Waals surface area contributed by atoms with Gasteiger partial charge < -0.3 is 25.0 Å². The Kier molecular flexibility index (Phi) is 10.7. The molecule has 1 rings (SSSR count). The average Bonchev–Trinajstić information content (AvgIpc) is 2.88. The number of rotatable bonds is 5. The van der Waals surface area contributed by atoms with Crippen LogP contribution in [0.5, 0.6) is 0 Å². The molecule has 2 atom stereocenters. The summed E-state index contributed by atoms with van der Waals surface area (Å²) in [5.74, 6) is 1.05. The molecule has 0 aromatic carbocycles. The first-order chi connectivity index (χ1) is 11.1. The Balaban J connectivity index is 0.00000576. The summed E-state index contributed by atoms with van der Waals surface area (Å²) in [4.78, 5) is 20.3. The summed E-state index contributed by atoms with van der Waals surface area (Å²) >= 11 is 0.